The Morgan fingerprint density at radius 1 is 1.40 bits per heavy atom. The second-order valence-corrected chi connectivity index (χ2v) is 4.28. The number of rotatable bonds is 5. The first-order valence-corrected chi connectivity index (χ1v) is 5.70. The lowest BCUT2D eigenvalue weighted by atomic mass is 9.89. The van der Waals surface area contributed by atoms with Crippen LogP contribution in [0.15, 0.2) is 12.2 Å². The summed E-state index contributed by atoms with van der Waals surface area (Å²) < 4.78 is 0. The maximum Gasteiger partial charge on any atom is 0.303 e. The smallest absolute Gasteiger partial charge is 0.303 e. The Balaban J connectivity index is 2.48. The van der Waals surface area contributed by atoms with Crippen LogP contribution < -0.4 is 0 Å². The summed E-state index contributed by atoms with van der Waals surface area (Å²) in [5.74, 6) is -0.457. The van der Waals surface area contributed by atoms with E-state index in [9.17, 15) is 9.90 Å². The van der Waals surface area contributed by atoms with E-state index in [1.807, 2.05) is 0 Å². The highest BCUT2D eigenvalue weighted by atomic mass is 16.4. The number of hydrogen-bond acceptors (Lipinski definition) is 2. The Labute approximate surface area is 90.8 Å². The number of aliphatic carboxylic acids is 1. The van der Waals surface area contributed by atoms with Gasteiger partial charge in [0.2, 0.25) is 0 Å². The summed E-state index contributed by atoms with van der Waals surface area (Å²) in [4.78, 5) is 10.6. The molecule has 2 N–H and O–H groups in total. The minimum absolute atomic E-state index is 0.142. The molecule has 1 rings (SSSR count). The first kappa shape index (κ1) is 12.2. The second-order valence-electron chi connectivity index (χ2n) is 4.28. The normalized spacial score (nSPS) is 31.2. The van der Waals surface area contributed by atoms with Crippen LogP contribution in [0.1, 0.15) is 39.0 Å². The molecule has 1 aliphatic carbocycles. The van der Waals surface area contributed by atoms with Gasteiger partial charge < -0.3 is 10.2 Å². The Hall–Kier alpha value is -0.830. The van der Waals surface area contributed by atoms with E-state index < -0.39 is 5.97 Å². The van der Waals surface area contributed by atoms with Crippen LogP contribution in [0.4, 0.5) is 0 Å². The molecule has 0 spiro atoms. The van der Waals surface area contributed by atoms with Gasteiger partial charge in [0.15, 0.2) is 0 Å². The molecule has 0 aromatic heterocycles. The molecule has 1 saturated carbocycles. The molecule has 1 aliphatic rings. The van der Waals surface area contributed by atoms with Gasteiger partial charge in [0.05, 0.1) is 6.10 Å². The molecule has 15 heavy (non-hydrogen) atoms. The Kier molecular flexibility index (Phi) is 4.82. The summed E-state index contributed by atoms with van der Waals surface area (Å²) in [5.41, 5.74) is 0. The van der Waals surface area contributed by atoms with E-state index in [-0.39, 0.29) is 24.4 Å². The Morgan fingerprint density at radius 3 is 2.73 bits per heavy atom. The number of aliphatic hydroxyl groups is 1. The molecule has 3 heteroatoms. The third-order valence-corrected chi connectivity index (χ3v) is 3.18. The number of allylic oxidation sites excluding steroid dienone is 2. The zero-order valence-corrected chi connectivity index (χ0v) is 9.22. The largest absolute Gasteiger partial charge is 0.481 e. The zero-order chi connectivity index (χ0) is 11.3. The lowest BCUT2D eigenvalue weighted by Crippen LogP contribution is -2.20. The van der Waals surface area contributed by atoms with Crippen LogP contribution in [0.25, 0.3) is 0 Å². The summed E-state index contributed by atoms with van der Waals surface area (Å²) in [5, 5.41) is 18.5. The SMILES string of the molecule is CC/C=C/C[C@H]1[C@H](CC(=O)O)CC[C@@H]1O. The van der Waals surface area contributed by atoms with Crippen molar-refractivity contribution in [1.29, 1.82) is 0 Å². The van der Waals surface area contributed by atoms with Crippen LogP contribution in [0, 0.1) is 11.8 Å². The monoisotopic (exact) mass is 212 g/mol. The molecule has 3 atom stereocenters. The summed E-state index contributed by atoms with van der Waals surface area (Å²) in [7, 11) is 0. The highest BCUT2D eigenvalue weighted by Crippen LogP contribution is 2.36. The van der Waals surface area contributed by atoms with Crippen LogP contribution in [-0.2, 0) is 4.79 Å². The van der Waals surface area contributed by atoms with E-state index in [0.29, 0.717) is 0 Å². The maximum absolute atomic E-state index is 10.6. The minimum Gasteiger partial charge on any atom is -0.481 e. The van der Waals surface area contributed by atoms with Crippen LogP contribution >= 0.6 is 0 Å². The molecule has 0 aromatic carbocycles. The molecule has 0 saturated heterocycles. The highest BCUT2D eigenvalue weighted by Gasteiger charge is 2.34. The van der Waals surface area contributed by atoms with Gasteiger partial charge in [-0.2, -0.15) is 0 Å². The fourth-order valence-corrected chi connectivity index (χ4v) is 2.37. The van der Waals surface area contributed by atoms with Gasteiger partial charge in [0.1, 0.15) is 0 Å². The quantitative estimate of drug-likeness (QED) is 0.687. The molecule has 0 aliphatic heterocycles. The first-order valence-electron chi connectivity index (χ1n) is 5.70. The van der Waals surface area contributed by atoms with Gasteiger partial charge in [-0.05, 0) is 37.5 Å². The molecule has 0 radical (unpaired) electrons. The van der Waals surface area contributed by atoms with Gasteiger partial charge >= 0.3 is 5.97 Å². The molecule has 0 unspecified atom stereocenters. The number of carboxylic acids is 1. The van der Waals surface area contributed by atoms with E-state index in [4.69, 9.17) is 5.11 Å². The molecule has 0 amide bonds. The summed E-state index contributed by atoms with van der Waals surface area (Å²) in [6.45, 7) is 2.07. The van der Waals surface area contributed by atoms with Gasteiger partial charge in [-0.1, -0.05) is 19.1 Å². The molecule has 3 nitrogen and oxygen atoms in total. The van der Waals surface area contributed by atoms with E-state index in [1.165, 1.54) is 0 Å². The maximum atomic E-state index is 10.6. The molecular formula is C12H20O3. The lowest BCUT2D eigenvalue weighted by Gasteiger charge is -2.18. The van der Waals surface area contributed by atoms with E-state index in [2.05, 4.69) is 19.1 Å². The van der Waals surface area contributed by atoms with Crippen molar-refractivity contribution in [3.8, 4) is 0 Å². The first-order chi connectivity index (χ1) is 7.15. The molecule has 1 fully saturated rings. The van der Waals surface area contributed by atoms with Crippen molar-refractivity contribution in [2.75, 3.05) is 0 Å². The van der Waals surface area contributed by atoms with E-state index >= 15 is 0 Å². The molecular weight excluding hydrogens is 192 g/mol. The van der Waals surface area contributed by atoms with Crippen molar-refractivity contribution in [2.24, 2.45) is 11.8 Å². The predicted octanol–water partition coefficient (Wildman–Crippen LogP) is 2.20. The second kappa shape index (κ2) is 5.91. The average Bonchev–Trinajstić information content (AvgIpc) is 2.49. The van der Waals surface area contributed by atoms with Crippen molar-refractivity contribution in [1.82, 2.24) is 0 Å². The van der Waals surface area contributed by atoms with Crippen LogP contribution in [0.2, 0.25) is 0 Å². The number of hydrogen-bond donors (Lipinski definition) is 2. The van der Waals surface area contributed by atoms with E-state index in [0.717, 1.165) is 25.7 Å². The lowest BCUT2D eigenvalue weighted by molar-refractivity contribution is -0.138. The van der Waals surface area contributed by atoms with Gasteiger partial charge in [-0.25, -0.2) is 0 Å². The topological polar surface area (TPSA) is 57.5 Å². The molecule has 0 bridgehead atoms. The third kappa shape index (κ3) is 3.67. The number of carboxylic acid groups (broad SMARTS) is 1. The summed E-state index contributed by atoms with van der Waals surface area (Å²) >= 11 is 0. The van der Waals surface area contributed by atoms with E-state index in [1.54, 1.807) is 0 Å². The van der Waals surface area contributed by atoms with Crippen molar-refractivity contribution >= 4 is 5.97 Å². The number of carbonyl (C=O) groups is 1. The fraction of sp³-hybridized carbons (Fsp3) is 0.750. The van der Waals surface area contributed by atoms with Crippen LogP contribution in [0.3, 0.4) is 0 Å². The van der Waals surface area contributed by atoms with Gasteiger partial charge in [0.25, 0.3) is 0 Å². The fourth-order valence-electron chi connectivity index (χ4n) is 2.37. The molecule has 86 valence electrons. The average molecular weight is 212 g/mol. The number of aliphatic hydroxyl groups excluding tert-OH is 1. The van der Waals surface area contributed by atoms with Crippen LogP contribution in [0.5, 0.6) is 0 Å². The Bertz CT molecular complexity index is 235. The summed E-state index contributed by atoms with van der Waals surface area (Å²) in [6.07, 6.45) is 7.43. The Morgan fingerprint density at radius 2 is 2.13 bits per heavy atom. The van der Waals surface area contributed by atoms with Crippen molar-refractivity contribution in [3.63, 3.8) is 0 Å². The van der Waals surface area contributed by atoms with Crippen molar-refractivity contribution < 1.29 is 15.0 Å². The standard InChI is InChI=1S/C12H20O3/c1-2-3-4-5-10-9(8-12(14)15)6-7-11(10)13/h3-4,9-11,13H,2,5-8H2,1H3,(H,14,15)/b4-3+/t9-,10-,11-/m0/s1. The molecule has 0 aromatic rings. The van der Waals surface area contributed by atoms with Crippen LogP contribution in [-0.4, -0.2) is 22.3 Å². The van der Waals surface area contributed by atoms with Gasteiger partial charge in [-0.15, -0.1) is 0 Å². The highest BCUT2D eigenvalue weighted by molar-refractivity contribution is 5.67. The minimum atomic E-state index is -0.751. The third-order valence-electron chi connectivity index (χ3n) is 3.18. The predicted molar refractivity (Wildman–Crippen MR) is 58.5 cm³/mol. The van der Waals surface area contributed by atoms with Gasteiger partial charge in [-0.3, -0.25) is 4.79 Å². The summed E-state index contributed by atoms with van der Waals surface area (Å²) in [6, 6.07) is 0. The van der Waals surface area contributed by atoms with Crippen molar-refractivity contribution in [2.45, 2.75) is 45.1 Å². The van der Waals surface area contributed by atoms with Crippen molar-refractivity contribution in [3.05, 3.63) is 12.2 Å². The van der Waals surface area contributed by atoms with Gasteiger partial charge in [0, 0.05) is 6.42 Å². The zero-order valence-electron chi connectivity index (χ0n) is 9.22. The molecule has 0 heterocycles.